The lowest BCUT2D eigenvalue weighted by molar-refractivity contribution is -0.118. The van der Waals surface area contributed by atoms with E-state index in [1.54, 1.807) is 18.4 Å². The van der Waals surface area contributed by atoms with Gasteiger partial charge >= 0.3 is 0 Å². The van der Waals surface area contributed by atoms with Gasteiger partial charge in [-0.3, -0.25) is 9.36 Å². The van der Waals surface area contributed by atoms with E-state index in [0.29, 0.717) is 10.9 Å². The Bertz CT molecular complexity index is 1220. The fourth-order valence-electron chi connectivity index (χ4n) is 3.17. The number of hydrogen-bond donors (Lipinski definition) is 1. The van der Waals surface area contributed by atoms with Crippen LogP contribution in [-0.2, 0) is 10.2 Å². The minimum atomic E-state index is -0.249. The molecule has 1 N–H and O–H groups in total. The number of para-hydroxylation sites is 1. The van der Waals surface area contributed by atoms with Crippen molar-refractivity contribution in [2.24, 2.45) is 5.10 Å². The quantitative estimate of drug-likeness (QED) is 0.237. The highest BCUT2D eigenvalue weighted by molar-refractivity contribution is 7.99. The Kier molecular flexibility index (Phi) is 6.74. The van der Waals surface area contributed by atoms with Gasteiger partial charge in [0.2, 0.25) is 0 Å². The zero-order valence-electron chi connectivity index (χ0n) is 18.7. The van der Waals surface area contributed by atoms with E-state index in [1.165, 1.54) is 23.5 Å². The van der Waals surface area contributed by atoms with Crippen molar-refractivity contribution in [3.8, 4) is 17.1 Å². The number of rotatable bonds is 7. The first kappa shape index (κ1) is 22.5. The van der Waals surface area contributed by atoms with E-state index < -0.39 is 0 Å². The van der Waals surface area contributed by atoms with E-state index in [1.807, 2.05) is 34.9 Å². The summed E-state index contributed by atoms with van der Waals surface area (Å²) in [5.41, 5.74) is 5.70. The van der Waals surface area contributed by atoms with Crippen LogP contribution >= 0.6 is 11.8 Å². The van der Waals surface area contributed by atoms with Gasteiger partial charge in [-0.1, -0.05) is 75.0 Å². The maximum absolute atomic E-state index is 12.3. The minimum absolute atomic E-state index is 0.0689. The summed E-state index contributed by atoms with van der Waals surface area (Å²) in [6.45, 7) is 6.56. The summed E-state index contributed by atoms with van der Waals surface area (Å²) < 4.78 is 7.12. The van der Waals surface area contributed by atoms with Gasteiger partial charge in [0.25, 0.3) is 5.91 Å². The number of aromatic nitrogens is 3. The number of benzene rings is 2. The molecule has 4 aromatic rings. The third kappa shape index (κ3) is 5.59. The highest BCUT2D eigenvalue weighted by Crippen LogP contribution is 2.30. The average molecular weight is 460 g/mol. The van der Waals surface area contributed by atoms with E-state index in [-0.39, 0.29) is 17.1 Å². The molecule has 0 aliphatic carbocycles. The number of carbonyl (C=O) groups is 1. The molecule has 0 aliphatic heterocycles. The molecule has 0 spiro atoms. The van der Waals surface area contributed by atoms with Crippen LogP contribution in [0.25, 0.3) is 17.1 Å². The summed E-state index contributed by atoms with van der Waals surface area (Å²) in [6, 6.07) is 21.8. The van der Waals surface area contributed by atoms with Crippen molar-refractivity contribution in [2.45, 2.75) is 31.3 Å². The lowest BCUT2D eigenvalue weighted by atomic mass is 9.87. The largest absolute Gasteiger partial charge is 0.463 e. The highest BCUT2D eigenvalue weighted by atomic mass is 32.2. The summed E-state index contributed by atoms with van der Waals surface area (Å²) >= 11 is 1.30. The minimum Gasteiger partial charge on any atom is -0.463 e. The Morgan fingerprint density at radius 1 is 1.06 bits per heavy atom. The van der Waals surface area contributed by atoms with Crippen LogP contribution in [0.2, 0.25) is 0 Å². The van der Waals surface area contributed by atoms with Crippen molar-refractivity contribution in [1.82, 2.24) is 20.2 Å². The van der Waals surface area contributed by atoms with Crippen LogP contribution in [0.3, 0.4) is 0 Å². The van der Waals surface area contributed by atoms with Gasteiger partial charge < -0.3 is 4.42 Å². The van der Waals surface area contributed by atoms with Crippen LogP contribution in [0.5, 0.6) is 0 Å². The molecule has 33 heavy (non-hydrogen) atoms. The monoisotopic (exact) mass is 459 g/mol. The van der Waals surface area contributed by atoms with Gasteiger partial charge in [0.05, 0.1) is 18.2 Å². The number of carbonyl (C=O) groups excluding carboxylic acids is 1. The zero-order chi connectivity index (χ0) is 23.3. The van der Waals surface area contributed by atoms with Crippen molar-refractivity contribution < 1.29 is 9.21 Å². The summed E-state index contributed by atoms with van der Waals surface area (Å²) in [4.78, 5) is 12.3. The predicted octanol–water partition coefficient (Wildman–Crippen LogP) is 5.07. The Morgan fingerprint density at radius 3 is 2.48 bits per heavy atom. The van der Waals surface area contributed by atoms with E-state index >= 15 is 0 Å². The molecule has 0 aliphatic rings. The number of nitrogens with one attached hydrogen (secondary N) is 1. The third-order valence-corrected chi connectivity index (χ3v) is 5.84. The van der Waals surface area contributed by atoms with E-state index in [2.05, 4.69) is 65.8 Å². The second-order valence-electron chi connectivity index (χ2n) is 8.40. The van der Waals surface area contributed by atoms with Crippen molar-refractivity contribution in [3.63, 3.8) is 0 Å². The van der Waals surface area contributed by atoms with Gasteiger partial charge in [-0.2, -0.15) is 5.10 Å². The normalized spacial score (nSPS) is 11.7. The summed E-state index contributed by atoms with van der Waals surface area (Å²) in [7, 11) is 0. The molecule has 4 rings (SSSR count). The van der Waals surface area contributed by atoms with Crippen LogP contribution < -0.4 is 5.43 Å². The van der Waals surface area contributed by atoms with E-state index in [4.69, 9.17) is 4.42 Å². The van der Waals surface area contributed by atoms with Crippen LogP contribution in [0.15, 0.2) is 87.7 Å². The van der Waals surface area contributed by atoms with Gasteiger partial charge in [0.1, 0.15) is 5.76 Å². The Labute approximate surface area is 196 Å². The molecule has 8 heteroatoms. The molecule has 0 radical (unpaired) electrons. The van der Waals surface area contributed by atoms with Gasteiger partial charge in [-0.05, 0) is 35.2 Å². The molecule has 2 aromatic carbocycles. The average Bonchev–Trinajstić information content (AvgIpc) is 3.48. The Morgan fingerprint density at radius 2 is 1.82 bits per heavy atom. The lowest BCUT2D eigenvalue weighted by Gasteiger charge is -2.19. The van der Waals surface area contributed by atoms with Gasteiger partial charge in [-0.25, -0.2) is 5.43 Å². The smallest absolute Gasteiger partial charge is 0.250 e. The topological polar surface area (TPSA) is 85.3 Å². The van der Waals surface area contributed by atoms with Crippen molar-refractivity contribution in [1.29, 1.82) is 0 Å². The molecule has 0 atom stereocenters. The number of hydrazone groups is 1. The Hall–Kier alpha value is -3.65. The first-order valence-corrected chi connectivity index (χ1v) is 11.5. The SMILES string of the molecule is CC(C)(C)c1ccc(-c2nnc(SCC(=O)NN=Cc3ccco3)n2-c2ccccc2)cc1. The second-order valence-corrected chi connectivity index (χ2v) is 9.34. The molecule has 0 unspecified atom stereocenters. The highest BCUT2D eigenvalue weighted by Gasteiger charge is 2.19. The standard InChI is InChI=1S/C25H25N5O2S/c1-25(2,3)19-13-11-18(12-14-19)23-28-29-24(30(23)20-8-5-4-6-9-20)33-17-22(31)27-26-16-21-10-7-15-32-21/h4-16H,17H2,1-3H3,(H,27,31). The molecule has 168 valence electrons. The summed E-state index contributed by atoms with van der Waals surface area (Å²) in [6.07, 6.45) is 3.00. The number of amides is 1. The molecule has 0 saturated heterocycles. The fourth-order valence-corrected chi connectivity index (χ4v) is 3.92. The molecule has 7 nitrogen and oxygen atoms in total. The molecule has 2 heterocycles. The zero-order valence-corrected chi connectivity index (χ0v) is 19.5. The molecule has 0 fully saturated rings. The molecule has 1 amide bonds. The molecule has 0 saturated carbocycles. The van der Waals surface area contributed by atoms with E-state index in [9.17, 15) is 4.79 Å². The fraction of sp³-hybridized carbons (Fsp3) is 0.200. The maximum atomic E-state index is 12.3. The van der Waals surface area contributed by atoms with Crippen LogP contribution in [0, 0.1) is 0 Å². The number of nitrogens with zero attached hydrogens (tertiary/aromatic N) is 4. The van der Waals surface area contributed by atoms with Crippen LogP contribution in [0.1, 0.15) is 32.1 Å². The van der Waals surface area contributed by atoms with Crippen LogP contribution in [0.4, 0.5) is 0 Å². The molecular weight excluding hydrogens is 434 g/mol. The number of hydrogen-bond acceptors (Lipinski definition) is 6. The first-order valence-electron chi connectivity index (χ1n) is 10.5. The van der Waals surface area contributed by atoms with Crippen LogP contribution in [-0.4, -0.2) is 32.6 Å². The van der Waals surface area contributed by atoms with Gasteiger partial charge in [0, 0.05) is 11.3 Å². The van der Waals surface area contributed by atoms with Crippen molar-refractivity contribution in [2.75, 3.05) is 5.75 Å². The summed E-state index contributed by atoms with van der Waals surface area (Å²) in [5.74, 6) is 1.18. The van der Waals surface area contributed by atoms with Gasteiger partial charge in [0.15, 0.2) is 11.0 Å². The van der Waals surface area contributed by atoms with E-state index in [0.717, 1.165) is 17.1 Å². The number of thioether (sulfide) groups is 1. The van der Waals surface area contributed by atoms with Crippen molar-refractivity contribution >= 4 is 23.9 Å². The molecule has 0 bridgehead atoms. The maximum Gasteiger partial charge on any atom is 0.250 e. The lowest BCUT2D eigenvalue weighted by Crippen LogP contribution is -2.19. The molecule has 2 aromatic heterocycles. The van der Waals surface area contributed by atoms with Crippen molar-refractivity contribution in [3.05, 3.63) is 84.3 Å². The predicted molar refractivity (Wildman–Crippen MR) is 131 cm³/mol. The Balaban J connectivity index is 1.55. The first-order chi connectivity index (χ1) is 15.9. The summed E-state index contributed by atoms with van der Waals surface area (Å²) in [5, 5.41) is 13.4. The second kappa shape index (κ2) is 9.87. The third-order valence-electron chi connectivity index (χ3n) is 4.91. The molecular formula is C25H25N5O2S. The number of furan rings is 1. The van der Waals surface area contributed by atoms with Gasteiger partial charge in [-0.15, -0.1) is 10.2 Å².